The van der Waals surface area contributed by atoms with E-state index in [-0.39, 0.29) is 5.91 Å². The molecule has 0 saturated heterocycles. The summed E-state index contributed by atoms with van der Waals surface area (Å²) in [6.45, 7) is 1.39. The first-order valence-corrected chi connectivity index (χ1v) is 9.20. The van der Waals surface area contributed by atoms with Gasteiger partial charge in [0.05, 0.1) is 24.8 Å². The first-order chi connectivity index (χ1) is 13.5. The average Bonchev–Trinajstić information content (AvgIpc) is 2.71. The van der Waals surface area contributed by atoms with E-state index in [0.717, 1.165) is 5.56 Å². The molecule has 0 aliphatic carbocycles. The third-order valence-electron chi connectivity index (χ3n) is 3.97. The zero-order chi connectivity index (χ0) is 20.4. The fraction of sp³-hybridized carbons (Fsp3) is 0.300. The van der Waals surface area contributed by atoms with Gasteiger partial charge < -0.3 is 25.8 Å². The van der Waals surface area contributed by atoms with E-state index >= 15 is 0 Å². The van der Waals surface area contributed by atoms with Gasteiger partial charge >= 0.3 is 0 Å². The Morgan fingerprint density at radius 3 is 2.50 bits per heavy atom. The molecule has 2 aromatic rings. The fourth-order valence-corrected chi connectivity index (χ4v) is 2.73. The highest BCUT2D eigenvalue weighted by Crippen LogP contribution is 2.27. The van der Waals surface area contributed by atoms with E-state index in [4.69, 9.17) is 26.8 Å². The van der Waals surface area contributed by atoms with Crippen LogP contribution < -0.4 is 25.8 Å². The maximum absolute atomic E-state index is 12.0. The second-order valence-corrected chi connectivity index (χ2v) is 6.28. The van der Waals surface area contributed by atoms with E-state index in [2.05, 4.69) is 15.6 Å². The lowest BCUT2D eigenvalue weighted by Crippen LogP contribution is -2.38. The maximum atomic E-state index is 12.0. The van der Waals surface area contributed by atoms with E-state index in [0.29, 0.717) is 54.1 Å². The van der Waals surface area contributed by atoms with Gasteiger partial charge in [-0.2, -0.15) is 0 Å². The van der Waals surface area contributed by atoms with Crippen molar-refractivity contribution >= 4 is 23.5 Å². The molecule has 0 spiro atoms. The Balaban J connectivity index is 1.72. The van der Waals surface area contributed by atoms with Crippen LogP contribution in [-0.4, -0.2) is 45.7 Å². The van der Waals surface area contributed by atoms with Crippen molar-refractivity contribution in [2.24, 2.45) is 10.7 Å². The molecule has 0 atom stereocenters. The quantitative estimate of drug-likeness (QED) is 0.338. The van der Waals surface area contributed by atoms with Crippen LogP contribution in [0.4, 0.5) is 0 Å². The molecule has 0 aliphatic heterocycles. The molecular weight excluding hydrogens is 380 g/mol. The van der Waals surface area contributed by atoms with E-state index in [1.165, 1.54) is 0 Å². The standard InChI is InChI=1S/C20H25ClN4O3/c1-27-17-8-7-14(13-18(17)28-2)9-10-24-20(22)25-12-11-23-19(26)15-5-3-4-6-16(15)21/h3-8,13H,9-12H2,1-2H3,(H,23,26)(H3,22,24,25). The van der Waals surface area contributed by atoms with E-state index in [1.807, 2.05) is 18.2 Å². The minimum Gasteiger partial charge on any atom is -0.493 e. The summed E-state index contributed by atoms with van der Waals surface area (Å²) in [5, 5.41) is 6.17. The summed E-state index contributed by atoms with van der Waals surface area (Å²) in [5.41, 5.74) is 7.37. The summed E-state index contributed by atoms with van der Waals surface area (Å²) in [6, 6.07) is 12.6. The molecular formula is C20H25ClN4O3. The highest BCUT2D eigenvalue weighted by molar-refractivity contribution is 6.33. The maximum Gasteiger partial charge on any atom is 0.252 e. The number of rotatable bonds is 9. The minimum atomic E-state index is -0.226. The molecule has 7 nitrogen and oxygen atoms in total. The minimum absolute atomic E-state index is 0.226. The predicted octanol–water partition coefficient (Wildman–Crippen LogP) is 2.23. The normalized spacial score (nSPS) is 11.0. The number of aliphatic imine (C=N–C) groups is 1. The molecule has 0 bridgehead atoms. The zero-order valence-electron chi connectivity index (χ0n) is 16.0. The molecule has 150 valence electrons. The number of nitrogens with zero attached hydrogens (tertiary/aromatic N) is 1. The number of carbonyl (C=O) groups excluding carboxylic acids is 1. The number of methoxy groups -OCH3 is 2. The van der Waals surface area contributed by atoms with Crippen LogP contribution in [0, 0.1) is 0 Å². The third-order valence-corrected chi connectivity index (χ3v) is 4.30. The SMILES string of the molecule is COc1ccc(CCN=C(N)NCCNC(=O)c2ccccc2Cl)cc1OC. The van der Waals surface area contributed by atoms with Gasteiger partial charge in [-0.05, 0) is 36.2 Å². The number of ether oxygens (including phenoxy) is 2. The largest absolute Gasteiger partial charge is 0.493 e. The van der Waals surface area contributed by atoms with Gasteiger partial charge in [0.2, 0.25) is 0 Å². The van der Waals surface area contributed by atoms with Crippen LogP contribution in [0.5, 0.6) is 11.5 Å². The molecule has 0 heterocycles. The van der Waals surface area contributed by atoms with Crippen molar-refractivity contribution < 1.29 is 14.3 Å². The van der Waals surface area contributed by atoms with Crippen molar-refractivity contribution in [3.05, 3.63) is 58.6 Å². The van der Waals surface area contributed by atoms with Gasteiger partial charge in [-0.15, -0.1) is 0 Å². The first-order valence-electron chi connectivity index (χ1n) is 8.82. The van der Waals surface area contributed by atoms with Gasteiger partial charge in [0.15, 0.2) is 17.5 Å². The molecule has 0 aliphatic rings. The smallest absolute Gasteiger partial charge is 0.252 e. The molecule has 8 heteroatoms. The first kappa shape index (κ1) is 21.4. The average molecular weight is 405 g/mol. The second kappa shape index (κ2) is 11.0. The Hall–Kier alpha value is -2.93. The van der Waals surface area contributed by atoms with Gasteiger partial charge in [0.25, 0.3) is 5.91 Å². The number of nitrogens with one attached hydrogen (secondary N) is 2. The second-order valence-electron chi connectivity index (χ2n) is 5.87. The molecule has 0 aromatic heterocycles. The van der Waals surface area contributed by atoms with Gasteiger partial charge in [-0.1, -0.05) is 29.8 Å². The summed E-state index contributed by atoms with van der Waals surface area (Å²) in [6.07, 6.45) is 0.714. The van der Waals surface area contributed by atoms with Crippen molar-refractivity contribution in [1.29, 1.82) is 0 Å². The highest BCUT2D eigenvalue weighted by Gasteiger charge is 2.08. The van der Waals surface area contributed by atoms with Gasteiger partial charge in [-0.3, -0.25) is 9.79 Å². The van der Waals surface area contributed by atoms with Crippen molar-refractivity contribution in [2.75, 3.05) is 33.9 Å². The van der Waals surface area contributed by atoms with E-state index < -0.39 is 0 Å². The molecule has 0 radical (unpaired) electrons. The molecule has 1 amide bonds. The van der Waals surface area contributed by atoms with E-state index in [9.17, 15) is 4.79 Å². The van der Waals surface area contributed by atoms with Crippen molar-refractivity contribution in [3.63, 3.8) is 0 Å². The van der Waals surface area contributed by atoms with Crippen LogP contribution in [0.2, 0.25) is 5.02 Å². The Morgan fingerprint density at radius 1 is 1.07 bits per heavy atom. The monoisotopic (exact) mass is 404 g/mol. The number of hydrogen-bond donors (Lipinski definition) is 3. The number of benzene rings is 2. The molecule has 0 saturated carbocycles. The highest BCUT2D eigenvalue weighted by atomic mass is 35.5. The Morgan fingerprint density at radius 2 is 1.79 bits per heavy atom. The Bertz CT molecular complexity index is 827. The zero-order valence-corrected chi connectivity index (χ0v) is 16.8. The lowest BCUT2D eigenvalue weighted by Gasteiger charge is -2.10. The van der Waals surface area contributed by atoms with E-state index in [1.54, 1.807) is 38.5 Å². The molecule has 2 rings (SSSR count). The predicted molar refractivity (Wildman–Crippen MR) is 112 cm³/mol. The van der Waals surface area contributed by atoms with Crippen LogP contribution in [0.25, 0.3) is 0 Å². The molecule has 28 heavy (non-hydrogen) atoms. The van der Waals surface area contributed by atoms with Gasteiger partial charge in [-0.25, -0.2) is 0 Å². The Kier molecular flexibility index (Phi) is 8.42. The lowest BCUT2D eigenvalue weighted by molar-refractivity contribution is 0.0954. The number of nitrogens with two attached hydrogens (primary N) is 1. The van der Waals surface area contributed by atoms with Crippen LogP contribution in [-0.2, 0) is 6.42 Å². The number of amides is 1. The van der Waals surface area contributed by atoms with Crippen LogP contribution in [0.1, 0.15) is 15.9 Å². The van der Waals surface area contributed by atoms with Gasteiger partial charge in [0.1, 0.15) is 0 Å². The molecule has 0 fully saturated rings. The number of guanidine groups is 1. The van der Waals surface area contributed by atoms with Crippen molar-refractivity contribution in [3.8, 4) is 11.5 Å². The summed E-state index contributed by atoms with van der Waals surface area (Å²) >= 11 is 6.00. The summed E-state index contributed by atoms with van der Waals surface area (Å²) in [5.74, 6) is 1.47. The van der Waals surface area contributed by atoms with Crippen molar-refractivity contribution in [2.45, 2.75) is 6.42 Å². The van der Waals surface area contributed by atoms with Crippen LogP contribution in [0.15, 0.2) is 47.5 Å². The molecule has 2 aromatic carbocycles. The topological polar surface area (TPSA) is 98.0 Å². The number of carbonyl (C=O) groups is 1. The molecule has 4 N–H and O–H groups in total. The number of hydrogen-bond acceptors (Lipinski definition) is 4. The number of halogens is 1. The molecule has 0 unspecified atom stereocenters. The summed E-state index contributed by atoms with van der Waals surface area (Å²) in [7, 11) is 3.21. The third kappa shape index (κ3) is 6.35. The summed E-state index contributed by atoms with van der Waals surface area (Å²) in [4.78, 5) is 16.3. The Labute approximate surface area is 169 Å². The van der Waals surface area contributed by atoms with Gasteiger partial charge in [0, 0.05) is 19.6 Å². The van der Waals surface area contributed by atoms with Crippen LogP contribution >= 0.6 is 11.6 Å². The lowest BCUT2D eigenvalue weighted by atomic mass is 10.1. The van der Waals surface area contributed by atoms with Crippen LogP contribution in [0.3, 0.4) is 0 Å². The fourth-order valence-electron chi connectivity index (χ4n) is 2.50. The summed E-state index contributed by atoms with van der Waals surface area (Å²) < 4.78 is 10.5. The van der Waals surface area contributed by atoms with Crippen molar-refractivity contribution in [1.82, 2.24) is 10.6 Å².